The second-order valence-corrected chi connectivity index (χ2v) is 0. The van der Waals surface area contributed by atoms with Gasteiger partial charge in [-0.05, 0) is 0 Å². The largest absolute Gasteiger partial charge is 0 e. The molecule has 0 aliphatic rings. The van der Waals surface area contributed by atoms with E-state index in [-0.39, 0.29) is 140 Å². The molecule has 0 spiro atoms. The normalized spacial score (nSPS) is 0. The van der Waals surface area contributed by atoms with Gasteiger partial charge in [0.05, 0.1) is 0 Å². The number of hydrogen-bond donors (Lipinski definition) is 0. The summed E-state index contributed by atoms with van der Waals surface area (Å²) in [5, 5.41) is 0. The molecule has 0 saturated carbocycles. The molecule has 4 heavy (non-hydrogen) atoms. The molecule has 0 fully saturated rings. The van der Waals surface area contributed by atoms with Crippen molar-refractivity contribution in [2.24, 2.45) is 0 Å². The van der Waals surface area contributed by atoms with E-state index in [1.165, 1.54) is 0 Å². The third-order valence-electron chi connectivity index (χ3n) is 0. The van der Waals surface area contributed by atoms with Gasteiger partial charge in [0.2, 0.25) is 0 Å². The maximum absolute atomic E-state index is 0. The summed E-state index contributed by atoms with van der Waals surface area (Å²) in [6.45, 7) is 0. The topological polar surface area (TPSA) is 0 Å². The van der Waals surface area contributed by atoms with Crippen LogP contribution in [0.3, 0.4) is 0 Å². The first-order valence-electron chi connectivity index (χ1n) is 0. The first kappa shape index (κ1) is 23.5. The first-order valence-corrected chi connectivity index (χ1v) is 0. The third-order valence-corrected chi connectivity index (χ3v) is 0. The van der Waals surface area contributed by atoms with Crippen molar-refractivity contribution in [2.45, 2.75) is 0 Å². The van der Waals surface area contributed by atoms with Crippen LogP contribution >= 0.6 is 0 Å². The van der Waals surface area contributed by atoms with E-state index in [4.69, 9.17) is 0 Å². The summed E-state index contributed by atoms with van der Waals surface area (Å²) in [6, 6.07) is 0. The zero-order valence-electron chi connectivity index (χ0n) is 1.82. The van der Waals surface area contributed by atoms with Gasteiger partial charge < -0.3 is 0 Å². The molecule has 4 heteroatoms. The maximum atomic E-state index is 0. The van der Waals surface area contributed by atoms with Crippen LogP contribution in [0.2, 0.25) is 0 Å². The quantitative estimate of drug-likeness (QED) is 0.449. The van der Waals surface area contributed by atoms with Crippen LogP contribution in [0.1, 0.15) is 0 Å². The minimum Gasteiger partial charge on any atom is 0 e. The fraction of sp³-hybridized carbons (Fsp3) is 0. The molecule has 0 aromatic carbocycles. The van der Waals surface area contributed by atoms with E-state index >= 15 is 0 Å². The summed E-state index contributed by atoms with van der Waals surface area (Å²) in [7, 11) is 0. The van der Waals surface area contributed by atoms with Gasteiger partial charge in [0.25, 0.3) is 0 Å². The van der Waals surface area contributed by atoms with E-state index in [1.807, 2.05) is 0 Å². The second kappa shape index (κ2) is 15.6. The minimum absolute atomic E-state index is 0. The number of hydrogen-bond acceptors (Lipinski definition) is 0. The van der Waals surface area contributed by atoms with Crippen LogP contribution in [-0.4, -0.2) is 0 Å². The van der Waals surface area contributed by atoms with Crippen molar-refractivity contribution < 1.29 is 140 Å². The van der Waals surface area contributed by atoms with Crippen LogP contribution in [0, 0.1) is 123 Å². The smallest absolute Gasteiger partial charge is 0 e. The fourth-order valence-corrected chi connectivity index (χ4v) is 0. The molecule has 0 aromatic rings. The predicted molar refractivity (Wildman–Crippen MR) is 0 cm³/mol. The molecular formula is CeCoPrSm. The van der Waals surface area contributed by atoms with Crippen LogP contribution in [0.25, 0.3) is 0 Å². The van der Waals surface area contributed by atoms with E-state index in [1.54, 1.807) is 0 Å². The molecule has 22 valence electrons. The molecule has 0 saturated heterocycles. The Morgan fingerprint density at radius 2 is 1.00 bits per heavy atom. The SMILES string of the molecule is [Ce].[Co].[Pr].[Sm]. The monoisotopic (exact) mass is 492 g/mol. The molecule has 0 unspecified atom stereocenters. The van der Waals surface area contributed by atoms with Crippen molar-refractivity contribution in [3.63, 3.8) is 0 Å². The molecule has 0 atom stereocenters. The molecule has 0 bridgehead atoms. The summed E-state index contributed by atoms with van der Waals surface area (Å²) in [4.78, 5) is 0. The molecule has 0 nitrogen and oxygen atoms in total. The van der Waals surface area contributed by atoms with E-state index in [9.17, 15) is 0 Å². The summed E-state index contributed by atoms with van der Waals surface area (Å²) >= 11 is 0. The zero-order valence-corrected chi connectivity index (χ0v) is 12.3. The Morgan fingerprint density at radius 3 is 1.00 bits per heavy atom. The standard InChI is InChI=1S/Ce.Co.Pr.Sm. The van der Waals surface area contributed by atoms with Gasteiger partial charge in [-0.3, -0.25) is 0 Å². The van der Waals surface area contributed by atoms with Crippen LogP contribution in [0.15, 0.2) is 0 Å². The van der Waals surface area contributed by atoms with E-state index in [0.29, 0.717) is 0 Å². The van der Waals surface area contributed by atoms with Gasteiger partial charge in [0.15, 0.2) is 0 Å². The fourth-order valence-electron chi connectivity index (χ4n) is 0. The summed E-state index contributed by atoms with van der Waals surface area (Å²) in [6.07, 6.45) is 0. The van der Waals surface area contributed by atoms with Crippen molar-refractivity contribution in [3.05, 3.63) is 0 Å². The Labute approximate surface area is 136 Å². The molecule has 0 aromatic heterocycles. The zero-order chi connectivity index (χ0) is 0. The Hall–Kier alpha value is 4.58. The molecule has 0 aliphatic heterocycles. The van der Waals surface area contributed by atoms with E-state index in [0.717, 1.165) is 0 Å². The summed E-state index contributed by atoms with van der Waals surface area (Å²) in [5.41, 5.74) is 0. The van der Waals surface area contributed by atoms with Gasteiger partial charge in [0, 0.05) is 140 Å². The van der Waals surface area contributed by atoms with Gasteiger partial charge >= 0.3 is 0 Å². The average Bonchev–Trinajstić information content (AvgIpc) is 0. The maximum Gasteiger partial charge on any atom is 0 e. The van der Waals surface area contributed by atoms with Gasteiger partial charge in [0.1, 0.15) is 0 Å². The van der Waals surface area contributed by atoms with Crippen molar-refractivity contribution in [2.75, 3.05) is 0 Å². The Morgan fingerprint density at radius 1 is 1.00 bits per heavy atom. The van der Waals surface area contributed by atoms with Crippen LogP contribution in [-0.2, 0) is 16.8 Å². The van der Waals surface area contributed by atoms with Gasteiger partial charge in [-0.1, -0.05) is 0 Å². The summed E-state index contributed by atoms with van der Waals surface area (Å²) in [5.74, 6) is 0. The average molecular weight is 490 g/mol. The van der Waals surface area contributed by atoms with Crippen LogP contribution in [0.5, 0.6) is 0 Å². The molecule has 0 aliphatic carbocycles. The minimum atomic E-state index is 0. The van der Waals surface area contributed by atoms with E-state index < -0.39 is 0 Å². The van der Waals surface area contributed by atoms with Gasteiger partial charge in [-0.25, -0.2) is 0 Å². The van der Waals surface area contributed by atoms with Crippen molar-refractivity contribution >= 4 is 0 Å². The third kappa shape index (κ3) is 9.77. The van der Waals surface area contributed by atoms with Crippen molar-refractivity contribution in [1.82, 2.24) is 0 Å². The predicted octanol–water partition coefficient (Wildman–Crippen LogP) is -0.00250. The van der Waals surface area contributed by atoms with Crippen LogP contribution in [0.4, 0.5) is 0 Å². The van der Waals surface area contributed by atoms with Gasteiger partial charge in [-0.2, -0.15) is 0 Å². The van der Waals surface area contributed by atoms with Crippen molar-refractivity contribution in [3.8, 4) is 0 Å². The second-order valence-electron chi connectivity index (χ2n) is 0. The Bertz CT molecular complexity index is 8.00. The Kier molecular flexibility index (Phi) is 91.9. The molecule has 0 N–H and O–H groups in total. The molecular weight excluding hydrogens is 490 g/mol. The molecule has 0 heterocycles. The van der Waals surface area contributed by atoms with Crippen LogP contribution < -0.4 is 0 Å². The van der Waals surface area contributed by atoms with Crippen molar-refractivity contribution in [1.29, 1.82) is 0 Å². The van der Waals surface area contributed by atoms with E-state index in [2.05, 4.69) is 0 Å². The molecule has 0 rings (SSSR count). The van der Waals surface area contributed by atoms with Gasteiger partial charge in [-0.15, -0.1) is 0 Å². The molecule has 2 radical (unpaired) electrons. The number of rotatable bonds is 0. The molecule has 0 amide bonds. The summed E-state index contributed by atoms with van der Waals surface area (Å²) < 4.78 is 0. The Balaban J connectivity index is 0. The first-order chi connectivity index (χ1) is 0.